The third-order valence-electron chi connectivity index (χ3n) is 10.8. The van der Waals surface area contributed by atoms with Crippen LogP contribution in [0.15, 0.2) is 54.6 Å². The Morgan fingerprint density at radius 1 is 0.652 bits per heavy atom. The Hall–Kier alpha value is -3.95. The highest BCUT2D eigenvalue weighted by atomic mass is 19.1. The third-order valence-corrected chi connectivity index (χ3v) is 10.8. The summed E-state index contributed by atoms with van der Waals surface area (Å²) >= 11 is 0. The summed E-state index contributed by atoms with van der Waals surface area (Å²) in [5.74, 6) is 2.11. The molecule has 2 aromatic heterocycles. The summed E-state index contributed by atoms with van der Waals surface area (Å²) in [7, 11) is 0. The normalized spacial score (nSPS) is 25.5. The van der Waals surface area contributed by atoms with Crippen molar-refractivity contribution in [1.82, 2.24) is 30.6 Å². The number of nitrogens with zero attached hydrogens (tertiary/aromatic N) is 3. The first-order valence-electron chi connectivity index (χ1n) is 17.4. The molecule has 3 aromatic carbocycles. The van der Waals surface area contributed by atoms with E-state index in [0.29, 0.717) is 17.8 Å². The van der Waals surface area contributed by atoms with E-state index in [4.69, 9.17) is 14.7 Å². The zero-order valence-corrected chi connectivity index (χ0v) is 26.2. The fraction of sp³-hybridized carbons (Fsp3) is 0.459. The molecule has 4 aliphatic rings. The molecule has 0 bridgehead atoms. The van der Waals surface area contributed by atoms with Crippen LogP contribution in [0.2, 0.25) is 0 Å². The van der Waals surface area contributed by atoms with Crippen molar-refractivity contribution in [3.05, 3.63) is 83.2 Å². The van der Waals surface area contributed by atoms with Crippen molar-refractivity contribution in [3.63, 3.8) is 0 Å². The van der Waals surface area contributed by atoms with E-state index in [9.17, 15) is 0 Å². The van der Waals surface area contributed by atoms with Crippen LogP contribution >= 0.6 is 0 Å². The number of imidazole rings is 2. The monoisotopic (exact) mass is 619 g/mol. The second kappa shape index (κ2) is 11.7. The van der Waals surface area contributed by atoms with E-state index in [2.05, 4.69) is 68.0 Å². The largest absolute Gasteiger partial charge is 0.487 e. The Morgan fingerprint density at radius 3 is 1.76 bits per heavy atom. The molecule has 0 spiro atoms. The lowest BCUT2D eigenvalue weighted by atomic mass is 10.0. The molecule has 1 aliphatic carbocycles. The number of hydrogen-bond donors (Lipinski definition) is 4. The molecule has 3 aliphatic heterocycles. The number of H-pyrrole nitrogens is 2. The van der Waals surface area contributed by atoms with Crippen molar-refractivity contribution in [2.24, 2.45) is 0 Å². The van der Waals surface area contributed by atoms with Crippen LogP contribution in [0.3, 0.4) is 0 Å². The fourth-order valence-corrected chi connectivity index (χ4v) is 8.43. The third kappa shape index (κ3) is 5.14. The molecule has 4 atom stereocenters. The summed E-state index contributed by atoms with van der Waals surface area (Å²) < 4.78 is 21.8. The van der Waals surface area contributed by atoms with Gasteiger partial charge in [-0.3, -0.25) is 0 Å². The Balaban J connectivity index is 1.08. The smallest absolute Gasteiger partial charge is 0.167 e. The van der Waals surface area contributed by atoms with Gasteiger partial charge in [-0.1, -0.05) is 12.1 Å². The molecule has 238 valence electrons. The molecule has 5 aromatic rings. The van der Waals surface area contributed by atoms with Gasteiger partial charge in [-0.05, 0) is 125 Å². The molecule has 9 rings (SSSR count). The highest BCUT2D eigenvalue weighted by Gasteiger charge is 2.37. The number of anilines is 1. The molecule has 0 unspecified atom stereocenters. The zero-order valence-electron chi connectivity index (χ0n) is 26.2. The van der Waals surface area contributed by atoms with E-state index in [1.54, 1.807) is 6.07 Å². The molecular weight excluding hydrogens is 577 g/mol. The summed E-state index contributed by atoms with van der Waals surface area (Å²) in [5.41, 5.74) is 7.41. The van der Waals surface area contributed by atoms with Crippen LogP contribution in [-0.2, 0) is 0 Å². The van der Waals surface area contributed by atoms with Crippen molar-refractivity contribution in [2.75, 3.05) is 18.0 Å². The van der Waals surface area contributed by atoms with E-state index in [0.717, 1.165) is 104 Å². The van der Waals surface area contributed by atoms with Crippen molar-refractivity contribution in [2.45, 2.75) is 94.5 Å². The van der Waals surface area contributed by atoms with Gasteiger partial charge in [0.2, 0.25) is 0 Å². The lowest BCUT2D eigenvalue weighted by Crippen LogP contribution is -2.26. The van der Waals surface area contributed by atoms with Crippen LogP contribution in [0.25, 0.3) is 22.1 Å². The van der Waals surface area contributed by atoms with Gasteiger partial charge in [-0.15, -0.1) is 0 Å². The van der Waals surface area contributed by atoms with Crippen LogP contribution < -0.4 is 20.3 Å². The zero-order chi connectivity index (χ0) is 30.6. The van der Waals surface area contributed by atoms with Crippen LogP contribution in [-0.4, -0.2) is 39.1 Å². The fourth-order valence-electron chi connectivity index (χ4n) is 8.43. The van der Waals surface area contributed by atoms with Crippen molar-refractivity contribution in [3.8, 4) is 5.75 Å². The first kappa shape index (κ1) is 28.3. The maximum atomic E-state index is 15.7. The van der Waals surface area contributed by atoms with Gasteiger partial charge in [-0.25, -0.2) is 14.4 Å². The number of rotatable bonds is 7. The maximum absolute atomic E-state index is 15.7. The van der Waals surface area contributed by atoms with Crippen molar-refractivity contribution < 1.29 is 9.13 Å². The average Bonchev–Trinajstić information content (AvgIpc) is 3.92. The minimum absolute atomic E-state index is 0.0856. The van der Waals surface area contributed by atoms with Gasteiger partial charge in [-0.2, -0.15) is 0 Å². The number of hydrogen-bond acceptors (Lipinski definition) is 6. The van der Waals surface area contributed by atoms with Crippen LogP contribution in [0.5, 0.6) is 5.75 Å². The number of benzene rings is 3. The van der Waals surface area contributed by atoms with Crippen molar-refractivity contribution in [1.29, 1.82) is 0 Å². The maximum Gasteiger partial charge on any atom is 0.167 e. The van der Waals surface area contributed by atoms with Crippen LogP contribution in [0.4, 0.5) is 10.1 Å². The molecule has 9 heteroatoms. The Bertz CT molecular complexity index is 1760. The topological polar surface area (TPSA) is 93.9 Å². The Labute approximate surface area is 268 Å². The summed E-state index contributed by atoms with van der Waals surface area (Å²) in [6.45, 7) is 2.07. The van der Waals surface area contributed by atoms with Gasteiger partial charge in [0.05, 0.1) is 52.3 Å². The molecule has 46 heavy (non-hydrogen) atoms. The molecule has 1 saturated carbocycles. The van der Waals surface area contributed by atoms with E-state index in [1.165, 1.54) is 24.0 Å². The quantitative estimate of drug-likeness (QED) is 0.148. The number of aromatic nitrogens is 4. The van der Waals surface area contributed by atoms with Crippen molar-refractivity contribution >= 4 is 27.8 Å². The molecular formula is C37H42FN7O. The molecule has 4 N–H and O–H groups in total. The van der Waals surface area contributed by atoms with Gasteiger partial charge in [0.25, 0.3) is 0 Å². The number of nitrogens with one attached hydrogen (secondary N) is 4. The van der Waals surface area contributed by atoms with E-state index >= 15 is 4.39 Å². The molecule has 0 radical (unpaired) electrons. The Morgan fingerprint density at radius 2 is 1.24 bits per heavy atom. The standard InChI is InChI=1S/C37H42FN7O/c38-26-21-24(11-16-35(26)46-25-5-1-2-6-25)45-33(22-9-12-27-31(19-22)43-36(41-27)29-7-3-17-39-29)14-15-34(45)23-10-13-28-32(20-23)44-37(42-28)30-8-4-18-40-30/h9-13,16,19-21,25,29-30,33-34,39-40H,1-8,14-15,17-18H2,(H,41,43)(H,42,44)/t29-,30-,33+,34+/m0/s1. The van der Waals surface area contributed by atoms with E-state index < -0.39 is 0 Å². The minimum Gasteiger partial charge on any atom is -0.487 e. The van der Waals surface area contributed by atoms with Gasteiger partial charge in [0, 0.05) is 11.8 Å². The minimum atomic E-state index is -0.288. The summed E-state index contributed by atoms with van der Waals surface area (Å²) in [4.78, 5) is 19.5. The van der Waals surface area contributed by atoms with E-state index in [1.807, 2.05) is 6.07 Å². The molecule has 8 nitrogen and oxygen atoms in total. The van der Waals surface area contributed by atoms with Crippen LogP contribution in [0, 0.1) is 5.82 Å². The predicted octanol–water partition coefficient (Wildman–Crippen LogP) is 7.83. The highest BCUT2D eigenvalue weighted by Crippen LogP contribution is 2.48. The molecule has 4 fully saturated rings. The molecule has 5 heterocycles. The lowest BCUT2D eigenvalue weighted by molar-refractivity contribution is 0.201. The van der Waals surface area contributed by atoms with Gasteiger partial charge in [0.1, 0.15) is 11.6 Å². The SMILES string of the molecule is Fc1cc(N2[C@@H](c3ccc4nc([C@@H]5CCCN5)[nH]c4c3)CC[C@@H]2c2ccc3nc([C@@H]4CCCN4)[nH]c3c2)ccc1OC1CCCC1. The average molecular weight is 620 g/mol. The lowest BCUT2D eigenvalue weighted by Gasteiger charge is -2.33. The van der Waals surface area contributed by atoms with Gasteiger partial charge >= 0.3 is 0 Å². The first-order valence-corrected chi connectivity index (χ1v) is 17.4. The highest BCUT2D eigenvalue weighted by molar-refractivity contribution is 5.78. The van der Waals surface area contributed by atoms with Gasteiger partial charge in [0.15, 0.2) is 11.6 Å². The summed E-state index contributed by atoms with van der Waals surface area (Å²) in [6.07, 6.45) is 10.9. The summed E-state index contributed by atoms with van der Waals surface area (Å²) in [6, 6.07) is 19.5. The molecule has 3 saturated heterocycles. The number of ether oxygens (including phenoxy) is 1. The number of halogens is 1. The van der Waals surface area contributed by atoms with Crippen LogP contribution in [0.1, 0.15) is 111 Å². The van der Waals surface area contributed by atoms with E-state index in [-0.39, 0.29) is 24.0 Å². The Kier molecular flexibility index (Phi) is 7.19. The summed E-state index contributed by atoms with van der Waals surface area (Å²) in [5, 5.41) is 7.12. The second-order valence-electron chi connectivity index (χ2n) is 13.8. The predicted molar refractivity (Wildman–Crippen MR) is 179 cm³/mol. The number of fused-ring (bicyclic) bond motifs is 2. The number of aromatic amines is 2. The van der Waals surface area contributed by atoms with Gasteiger partial charge < -0.3 is 30.2 Å². The first-order chi connectivity index (χ1) is 22.7. The molecule has 0 amide bonds. The second-order valence-corrected chi connectivity index (χ2v) is 13.8.